The van der Waals surface area contributed by atoms with E-state index in [1.54, 1.807) is 13.0 Å². The van der Waals surface area contributed by atoms with Crippen molar-refractivity contribution in [1.29, 1.82) is 5.26 Å². The van der Waals surface area contributed by atoms with E-state index in [0.717, 1.165) is 75.0 Å². The number of carboxylic acids is 1. The first-order chi connectivity index (χ1) is 21.0. The van der Waals surface area contributed by atoms with Gasteiger partial charge in [0, 0.05) is 37.9 Å². The number of nitriles is 1. The summed E-state index contributed by atoms with van der Waals surface area (Å²) in [5, 5.41) is 23.0. The molecule has 1 aromatic heterocycles. The lowest BCUT2D eigenvalue weighted by molar-refractivity contribution is -0.143. The maximum absolute atomic E-state index is 13.7. The molecule has 0 atom stereocenters. The van der Waals surface area contributed by atoms with E-state index in [-0.39, 0.29) is 30.4 Å². The van der Waals surface area contributed by atoms with Gasteiger partial charge in [0.05, 0.1) is 28.8 Å². The number of hydrogen-bond donors (Lipinski definition) is 1. The average molecular weight is 645 g/mol. The van der Waals surface area contributed by atoms with Crippen LogP contribution in [0, 0.1) is 30.1 Å². The van der Waals surface area contributed by atoms with Crippen molar-refractivity contribution in [2.75, 3.05) is 22.9 Å². The first-order valence-electron chi connectivity index (χ1n) is 15.5. The fraction of sp³-hybridized carbons (Fsp3) is 0.500. The summed E-state index contributed by atoms with van der Waals surface area (Å²) < 4.78 is 46.8. The molecule has 0 radical (unpaired) electrons. The van der Waals surface area contributed by atoms with Gasteiger partial charge in [-0.05, 0) is 118 Å². The fourth-order valence-corrected chi connectivity index (χ4v) is 6.69. The van der Waals surface area contributed by atoms with Crippen molar-refractivity contribution in [3.8, 4) is 6.07 Å². The lowest BCUT2D eigenvalue weighted by atomic mass is 9.81. The predicted molar refractivity (Wildman–Crippen MR) is 169 cm³/mol. The molecule has 11 heteroatoms. The van der Waals surface area contributed by atoms with E-state index in [1.807, 2.05) is 11.0 Å². The van der Waals surface area contributed by atoms with Crippen LogP contribution in [0.15, 0.2) is 40.9 Å². The van der Waals surface area contributed by atoms with Crippen molar-refractivity contribution in [3.05, 3.63) is 75.5 Å². The van der Waals surface area contributed by atoms with Crippen LogP contribution < -0.4 is 9.80 Å². The van der Waals surface area contributed by atoms with E-state index in [0.29, 0.717) is 42.4 Å². The molecule has 7 nitrogen and oxygen atoms in total. The molecule has 1 saturated carbocycles. The van der Waals surface area contributed by atoms with Crippen molar-refractivity contribution >= 4 is 29.9 Å². The molecule has 45 heavy (non-hydrogen) atoms. The Hall–Kier alpha value is -3.71. The maximum Gasteiger partial charge on any atom is 0.416 e. The SMILES string of the molecule is CCN(C[C@H]1CC[C@H](C(=O)O)CC1)c1cc2c(cc1CN(Cc1cc(C#N)cc(C(F)(F)F)c1)c1cc(C)no1)CCCC2.Cl. The van der Waals surface area contributed by atoms with Gasteiger partial charge in [0.15, 0.2) is 0 Å². The zero-order chi connectivity index (χ0) is 31.4. The number of alkyl halides is 3. The van der Waals surface area contributed by atoms with Crippen molar-refractivity contribution in [2.24, 2.45) is 11.8 Å². The van der Waals surface area contributed by atoms with Crippen molar-refractivity contribution in [3.63, 3.8) is 0 Å². The van der Waals surface area contributed by atoms with E-state index >= 15 is 0 Å². The number of fused-ring (bicyclic) bond motifs is 1. The molecule has 0 saturated heterocycles. The van der Waals surface area contributed by atoms with Gasteiger partial charge in [-0.15, -0.1) is 12.4 Å². The van der Waals surface area contributed by atoms with Crippen LogP contribution in [0.3, 0.4) is 0 Å². The molecule has 1 N–H and O–H groups in total. The van der Waals surface area contributed by atoms with Crippen LogP contribution >= 0.6 is 12.4 Å². The third-order valence-electron chi connectivity index (χ3n) is 9.05. The first kappa shape index (κ1) is 34.2. The van der Waals surface area contributed by atoms with Crippen LogP contribution in [-0.4, -0.2) is 29.3 Å². The highest BCUT2D eigenvalue weighted by atomic mass is 35.5. The lowest BCUT2D eigenvalue weighted by Crippen LogP contribution is -2.34. The van der Waals surface area contributed by atoms with Crippen LogP contribution in [0.1, 0.15) is 84.5 Å². The van der Waals surface area contributed by atoms with Crippen molar-refractivity contribution in [1.82, 2.24) is 5.16 Å². The van der Waals surface area contributed by atoms with E-state index in [2.05, 4.69) is 29.1 Å². The second-order valence-corrected chi connectivity index (χ2v) is 12.2. The van der Waals surface area contributed by atoms with Crippen LogP contribution in [0.4, 0.5) is 24.7 Å². The Morgan fingerprint density at radius 3 is 2.29 bits per heavy atom. The van der Waals surface area contributed by atoms with E-state index in [9.17, 15) is 28.3 Å². The van der Waals surface area contributed by atoms with Crippen molar-refractivity contribution < 1.29 is 27.6 Å². The quantitative estimate of drug-likeness (QED) is 0.238. The van der Waals surface area contributed by atoms with Gasteiger partial charge in [-0.3, -0.25) is 4.79 Å². The highest BCUT2D eigenvalue weighted by Crippen LogP contribution is 2.36. The van der Waals surface area contributed by atoms with Crippen LogP contribution in [0.2, 0.25) is 0 Å². The van der Waals surface area contributed by atoms with E-state index in [1.165, 1.54) is 17.2 Å². The molecular formula is C34H40ClF3N4O3. The number of aryl methyl sites for hydroxylation is 3. The molecular weight excluding hydrogens is 605 g/mol. The fourth-order valence-electron chi connectivity index (χ4n) is 6.69. The number of carboxylic acid groups (broad SMARTS) is 1. The molecule has 242 valence electrons. The molecule has 0 unspecified atom stereocenters. The standard InChI is InChI=1S/C34H39F3N4O3.ClH/c1-3-40(19-23-8-10-26(11-9-23)33(42)43)31-17-28-7-5-4-6-27(28)16-29(31)21-41(32-12-22(2)39-44-32)20-25-13-24(18-38)14-30(15-25)34(35,36)37;/h12-17,23,26H,3-11,19-21H2,1-2H3,(H,42,43);1H/t23-,26-;. The Kier molecular flexibility index (Phi) is 11.1. The zero-order valence-corrected chi connectivity index (χ0v) is 26.5. The number of aliphatic carboxylic acids is 1. The minimum Gasteiger partial charge on any atom is -0.481 e. The molecule has 3 aromatic rings. The molecule has 1 heterocycles. The number of rotatable bonds is 10. The minimum atomic E-state index is -4.58. The molecule has 0 aliphatic heterocycles. The zero-order valence-electron chi connectivity index (χ0n) is 25.7. The van der Waals surface area contributed by atoms with Gasteiger partial charge >= 0.3 is 12.1 Å². The van der Waals surface area contributed by atoms with Crippen LogP contribution in [-0.2, 0) is 36.9 Å². The lowest BCUT2D eigenvalue weighted by Gasteiger charge is -2.35. The summed E-state index contributed by atoms with van der Waals surface area (Å²) in [5.41, 5.74) is 4.88. The normalized spacial score (nSPS) is 18.0. The molecule has 0 bridgehead atoms. The molecule has 0 spiro atoms. The number of anilines is 2. The van der Waals surface area contributed by atoms with Gasteiger partial charge in [0.2, 0.25) is 5.88 Å². The number of benzene rings is 2. The largest absolute Gasteiger partial charge is 0.481 e. The van der Waals surface area contributed by atoms with E-state index in [4.69, 9.17) is 4.52 Å². The van der Waals surface area contributed by atoms with Gasteiger partial charge in [0.25, 0.3) is 0 Å². The number of carbonyl (C=O) groups is 1. The highest BCUT2D eigenvalue weighted by Gasteiger charge is 2.32. The Bertz CT molecular complexity index is 1530. The molecule has 2 aliphatic rings. The molecule has 0 amide bonds. The van der Waals surface area contributed by atoms with Gasteiger partial charge < -0.3 is 19.4 Å². The smallest absolute Gasteiger partial charge is 0.416 e. The van der Waals surface area contributed by atoms with Gasteiger partial charge in [0.1, 0.15) is 0 Å². The third kappa shape index (κ3) is 8.31. The molecule has 2 aliphatic carbocycles. The second kappa shape index (κ2) is 14.6. The molecule has 2 aromatic carbocycles. The van der Waals surface area contributed by atoms with Gasteiger partial charge in [-0.1, -0.05) is 11.2 Å². The summed E-state index contributed by atoms with van der Waals surface area (Å²) in [6.07, 6.45) is 2.78. The monoisotopic (exact) mass is 644 g/mol. The summed E-state index contributed by atoms with van der Waals surface area (Å²) in [7, 11) is 0. The van der Waals surface area contributed by atoms with Crippen molar-refractivity contribution in [2.45, 2.75) is 84.5 Å². The highest BCUT2D eigenvalue weighted by molar-refractivity contribution is 5.85. The summed E-state index contributed by atoms with van der Waals surface area (Å²) in [5.74, 6) is -0.149. The van der Waals surface area contributed by atoms with Gasteiger partial charge in [-0.25, -0.2) is 0 Å². The Balaban J connectivity index is 0.00000461. The summed E-state index contributed by atoms with van der Waals surface area (Å²) in [6.45, 7) is 5.97. The third-order valence-corrected chi connectivity index (χ3v) is 9.05. The topological polar surface area (TPSA) is 93.6 Å². The van der Waals surface area contributed by atoms with E-state index < -0.39 is 17.7 Å². The summed E-state index contributed by atoms with van der Waals surface area (Å²) >= 11 is 0. The minimum absolute atomic E-state index is 0. The average Bonchev–Trinajstić information content (AvgIpc) is 3.45. The molecule has 5 rings (SSSR count). The number of nitrogens with zero attached hydrogens (tertiary/aromatic N) is 4. The Morgan fingerprint density at radius 1 is 1.02 bits per heavy atom. The first-order valence-corrected chi connectivity index (χ1v) is 15.5. The number of hydrogen-bond acceptors (Lipinski definition) is 6. The predicted octanol–water partition coefficient (Wildman–Crippen LogP) is 8.10. The second-order valence-electron chi connectivity index (χ2n) is 12.2. The van der Waals surface area contributed by atoms with Crippen LogP contribution in [0.5, 0.6) is 0 Å². The maximum atomic E-state index is 13.7. The van der Waals surface area contributed by atoms with Crippen LogP contribution in [0.25, 0.3) is 0 Å². The van der Waals surface area contributed by atoms with Gasteiger partial charge in [-0.2, -0.15) is 18.4 Å². The molecule has 1 fully saturated rings. The summed E-state index contributed by atoms with van der Waals surface area (Å²) in [4.78, 5) is 15.8. The number of aromatic nitrogens is 1. The Labute approximate surface area is 268 Å². The summed E-state index contributed by atoms with van der Waals surface area (Å²) in [6, 6.07) is 11.6. The number of halogens is 4. The Morgan fingerprint density at radius 2 is 1.71 bits per heavy atom.